The number of carbonyl (C=O) groups excluding carboxylic acids is 1. The SMILES string of the molecule is Cc1ccc(S(=O)(=O)NC(C)(C)C)cc1C(=O)NS(C)(=O)=O. The van der Waals surface area contributed by atoms with E-state index in [1.807, 2.05) is 4.72 Å². The average Bonchev–Trinajstić information content (AvgIpc) is 2.23. The quantitative estimate of drug-likeness (QED) is 0.835. The Morgan fingerprint density at radius 1 is 1.09 bits per heavy atom. The van der Waals surface area contributed by atoms with Gasteiger partial charge in [-0.25, -0.2) is 26.3 Å². The van der Waals surface area contributed by atoms with E-state index in [0.29, 0.717) is 5.56 Å². The third-order valence-corrected chi connectivity index (χ3v) is 4.79. The Morgan fingerprint density at radius 2 is 1.64 bits per heavy atom. The lowest BCUT2D eigenvalue weighted by molar-refractivity contribution is 0.0981. The van der Waals surface area contributed by atoms with Gasteiger partial charge in [0.1, 0.15) is 0 Å². The third-order valence-electron chi connectivity index (χ3n) is 2.48. The van der Waals surface area contributed by atoms with Crippen molar-refractivity contribution < 1.29 is 21.6 Å². The van der Waals surface area contributed by atoms with Crippen LogP contribution in [0.5, 0.6) is 0 Å². The van der Waals surface area contributed by atoms with E-state index in [4.69, 9.17) is 0 Å². The van der Waals surface area contributed by atoms with Crippen molar-refractivity contribution in [1.82, 2.24) is 9.44 Å². The van der Waals surface area contributed by atoms with Crippen molar-refractivity contribution in [2.75, 3.05) is 6.26 Å². The van der Waals surface area contributed by atoms with Gasteiger partial charge in [-0.1, -0.05) is 6.07 Å². The van der Waals surface area contributed by atoms with E-state index in [2.05, 4.69) is 4.72 Å². The molecule has 0 saturated heterocycles. The van der Waals surface area contributed by atoms with Crippen molar-refractivity contribution in [2.45, 2.75) is 38.1 Å². The molecule has 9 heteroatoms. The highest BCUT2D eigenvalue weighted by atomic mass is 32.2. The molecular formula is C13H20N2O5S2. The number of nitrogens with one attached hydrogen (secondary N) is 2. The summed E-state index contributed by atoms with van der Waals surface area (Å²) in [5.41, 5.74) is -0.225. The van der Waals surface area contributed by atoms with Crippen LogP contribution in [0.4, 0.5) is 0 Å². The molecule has 0 saturated carbocycles. The van der Waals surface area contributed by atoms with Gasteiger partial charge in [-0.15, -0.1) is 0 Å². The van der Waals surface area contributed by atoms with Crippen molar-refractivity contribution in [1.29, 1.82) is 0 Å². The first-order valence-electron chi connectivity index (χ1n) is 6.38. The van der Waals surface area contributed by atoms with Crippen LogP contribution < -0.4 is 9.44 Å². The standard InChI is InChI=1S/C13H20N2O5S2/c1-9-6-7-10(22(19,20)15-13(2,3)4)8-11(9)12(16)14-21(5,17)18/h6-8,15H,1-5H3,(H,14,16). The second kappa shape index (κ2) is 5.98. The normalized spacial score (nSPS) is 13.0. The van der Waals surface area contributed by atoms with Crippen LogP contribution in [0.3, 0.4) is 0 Å². The van der Waals surface area contributed by atoms with Gasteiger partial charge in [0, 0.05) is 11.1 Å². The molecule has 1 amide bonds. The minimum absolute atomic E-state index is 0.0118. The minimum atomic E-state index is -3.81. The largest absolute Gasteiger partial charge is 0.268 e. The lowest BCUT2D eigenvalue weighted by Crippen LogP contribution is -2.40. The van der Waals surface area contributed by atoms with Crippen LogP contribution in [-0.2, 0) is 20.0 Å². The molecule has 0 radical (unpaired) electrons. The first-order chi connectivity index (χ1) is 9.71. The summed E-state index contributed by atoms with van der Waals surface area (Å²) in [6.07, 6.45) is 0.849. The fourth-order valence-corrected chi connectivity index (χ4v) is 3.59. The molecule has 0 aliphatic heterocycles. The summed E-state index contributed by atoms with van der Waals surface area (Å²) < 4.78 is 51.1. The van der Waals surface area contributed by atoms with Gasteiger partial charge in [0.15, 0.2) is 0 Å². The van der Waals surface area contributed by atoms with Crippen LogP contribution in [0, 0.1) is 6.92 Å². The fourth-order valence-electron chi connectivity index (χ4n) is 1.70. The van der Waals surface area contributed by atoms with Crippen LogP contribution in [-0.4, -0.2) is 34.5 Å². The number of amides is 1. The summed E-state index contributed by atoms with van der Waals surface area (Å²) in [6.45, 7) is 6.66. The first-order valence-corrected chi connectivity index (χ1v) is 9.75. The Kier molecular flexibility index (Phi) is 5.05. The highest BCUT2D eigenvalue weighted by molar-refractivity contribution is 7.89. The van der Waals surface area contributed by atoms with Crippen molar-refractivity contribution in [3.63, 3.8) is 0 Å². The Bertz CT molecular complexity index is 790. The van der Waals surface area contributed by atoms with Crippen LogP contribution in [0.1, 0.15) is 36.7 Å². The van der Waals surface area contributed by atoms with Gasteiger partial charge in [-0.3, -0.25) is 4.79 Å². The van der Waals surface area contributed by atoms with Crippen LogP contribution in [0.15, 0.2) is 23.1 Å². The Labute approximate surface area is 131 Å². The molecule has 0 bridgehead atoms. The summed E-state index contributed by atoms with van der Waals surface area (Å²) in [4.78, 5) is 11.8. The topological polar surface area (TPSA) is 109 Å². The lowest BCUT2D eigenvalue weighted by Gasteiger charge is -2.20. The van der Waals surface area contributed by atoms with Gasteiger partial charge < -0.3 is 0 Å². The molecule has 1 aromatic carbocycles. The predicted octanol–water partition coefficient (Wildman–Crippen LogP) is 0.761. The highest BCUT2D eigenvalue weighted by Crippen LogP contribution is 2.17. The molecule has 2 N–H and O–H groups in total. The average molecular weight is 348 g/mol. The smallest absolute Gasteiger partial charge is 0.265 e. The molecule has 1 rings (SSSR count). The Hall–Kier alpha value is -1.45. The Balaban J connectivity index is 3.28. The summed E-state index contributed by atoms with van der Waals surface area (Å²) >= 11 is 0. The van der Waals surface area contributed by atoms with E-state index in [-0.39, 0.29) is 10.5 Å². The van der Waals surface area contributed by atoms with Crippen LogP contribution in [0.2, 0.25) is 0 Å². The van der Waals surface area contributed by atoms with Gasteiger partial charge in [-0.2, -0.15) is 0 Å². The van der Waals surface area contributed by atoms with Crippen LogP contribution >= 0.6 is 0 Å². The molecule has 0 unspecified atom stereocenters. The van der Waals surface area contributed by atoms with E-state index >= 15 is 0 Å². The summed E-state index contributed by atoms with van der Waals surface area (Å²) in [5.74, 6) is -0.868. The van der Waals surface area contributed by atoms with Crippen molar-refractivity contribution in [2.24, 2.45) is 0 Å². The summed E-state index contributed by atoms with van der Waals surface area (Å²) in [7, 11) is -7.54. The van der Waals surface area contributed by atoms with Gasteiger partial charge in [-0.05, 0) is 45.4 Å². The summed E-state index contributed by atoms with van der Waals surface area (Å²) in [5, 5.41) is 0. The monoisotopic (exact) mass is 348 g/mol. The molecule has 0 spiro atoms. The van der Waals surface area contributed by atoms with Crippen molar-refractivity contribution >= 4 is 26.0 Å². The minimum Gasteiger partial charge on any atom is -0.268 e. The van der Waals surface area contributed by atoms with Gasteiger partial charge in [0.25, 0.3) is 5.91 Å². The van der Waals surface area contributed by atoms with Gasteiger partial charge >= 0.3 is 0 Å². The number of hydrogen-bond donors (Lipinski definition) is 2. The fraction of sp³-hybridized carbons (Fsp3) is 0.462. The zero-order valence-electron chi connectivity index (χ0n) is 13.1. The van der Waals surface area contributed by atoms with E-state index in [1.54, 1.807) is 27.7 Å². The van der Waals surface area contributed by atoms with Crippen molar-refractivity contribution in [3.05, 3.63) is 29.3 Å². The zero-order valence-corrected chi connectivity index (χ0v) is 14.7. The van der Waals surface area contributed by atoms with Crippen LogP contribution in [0.25, 0.3) is 0 Å². The van der Waals surface area contributed by atoms with E-state index in [9.17, 15) is 21.6 Å². The molecule has 0 aliphatic rings. The number of rotatable bonds is 4. The summed E-state index contributed by atoms with van der Waals surface area (Å²) in [6, 6.07) is 3.97. The van der Waals surface area contributed by atoms with Gasteiger partial charge in [0.05, 0.1) is 11.2 Å². The molecule has 1 aromatic rings. The van der Waals surface area contributed by atoms with E-state index < -0.39 is 31.5 Å². The lowest BCUT2D eigenvalue weighted by atomic mass is 10.1. The molecule has 0 atom stereocenters. The Morgan fingerprint density at radius 3 is 2.09 bits per heavy atom. The molecule has 7 nitrogen and oxygen atoms in total. The predicted molar refractivity (Wildman–Crippen MR) is 83.6 cm³/mol. The maximum Gasteiger partial charge on any atom is 0.265 e. The molecule has 0 aliphatic carbocycles. The number of carbonyl (C=O) groups is 1. The molecular weight excluding hydrogens is 328 g/mol. The molecule has 0 aromatic heterocycles. The number of hydrogen-bond acceptors (Lipinski definition) is 5. The second-order valence-electron chi connectivity index (χ2n) is 6.04. The number of benzene rings is 1. The van der Waals surface area contributed by atoms with E-state index in [0.717, 1.165) is 12.3 Å². The number of sulfonamides is 2. The highest BCUT2D eigenvalue weighted by Gasteiger charge is 2.24. The van der Waals surface area contributed by atoms with Crippen molar-refractivity contribution in [3.8, 4) is 0 Å². The number of aryl methyl sites for hydroxylation is 1. The molecule has 124 valence electrons. The van der Waals surface area contributed by atoms with E-state index in [1.165, 1.54) is 12.1 Å². The molecule has 0 fully saturated rings. The maximum absolute atomic E-state index is 12.3. The van der Waals surface area contributed by atoms with Gasteiger partial charge in [0.2, 0.25) is 20.0 Å². The first kappa shape index (κ1) is 18.6. The zero-order chi connectivity index (χ0) is 17.3. The third kappa shape index (κ3) is 5.39. The molecule has 0 heterocycles. The second-order valence-corrected chi connectivity index (χ2v) is 9.47. The molecule has 22 heavy (non-hydrogen) atoms. The maximum atomic E-state index is 12.3.